The molecule has 176 valence electrons. The Morgan fingerprint density at radius 3 is 2.74 bits per heavy atom. The molecule has 34 heavy (non-hydrogen) atoms. The number of aromatic nitrogens is 4. The van der Waals surface area contributed by atoms with Crippen molar-refractivity contribution in [3.05, 3.63) is 54.6 Å². The monoisotopic (exact) mass is 458 g/mol. The molecule has 6 rings (SSSR count). The van der Waals surface area contributed by atoms with Crippen molar-refractivity contribution >= 4 is 27.8 Å². The van der Waals surface area contributed by atoms with E-state index in [1.54, 1.807) is 12.7 Å². The van der Waals surface area contributed by atoms with E-state index in [4.69, 9.17) is 4.74 Å². The third kappa shape index (κ3) is 3.86. The second kappa shape index (κ2) is 9.19. The highest BCUT2D eigenvalue weighted by Crippen LogP contribution is 2.33. The summed E-state index contributed by atoms with van der Waals surface area (Å²) in [6.07, 6.45) is 7.65. The summed E-state index contributed by atoms with van der Waals surface area (Å²) in [6, 6.07) is 13.3. The number of hydrogen-bond acceptors (Lipinski definition) is 7. The Kier molecular flexibility index (Phi) is 5.76. The van der Waals surface area contributed by atoms with Gasteiger partial charge in [0.25, 0.3) is 0 Å². The maximum absolute atomic E-state index is 9.72. The summed E-state index contributed by atoms with van der Waals surface area (Å²) >= 11 is 0. The minimum atomic E-state index is 0.230. The summed E-state index contributed by atoms with van der Waals surface area (Å²) in [6.45, 7) is 3.68. The van der Waals surface area contributed by atoms with Crippen LogP contribution in [-0.2, 0) is 6.54 Å². The molecule has 8 heteroatoms. The number of likely N-dealkylation sites (tertiary alicyclic amines) is 1. The van der Waals surface area contributed by atoms with Crippen molar-refractivity contribution in [3.8, 4) is 5.75 Å². The molecule has 2 fully saturated rings. The minimum absolute atomic E-state index is 0.230. The normalized spacial score (nSPS) is 21.1. The van der Waals surface area contributed by atoms with Crippen LogP contribution >= 0.6 is 0 Å². The van der Waals surface area contributed by atoms with Crippen LogP contribution < -0.4 is 9.64 Å². The third-order valence-corrected chi connectivity index (χ3v) is 7.34. The van der Waals surface area contributed by atoms with Gasteiger partial charge in [-0.3, -0.25) is 4.90 Å². The van der Waals surface area contributed by atoms with Gasteiger partial charge in [0.05, 0.1) is 19.0 Å². The van der Waals surface area contributed by atoms with Gasteiger partial charge in [-0.25, -0.2) is 15.0 Å². The van der Waals surface area contributed by atoms with Crippen molar-refractivity contribution < 1.29 is 9.84 Å². The first-order valence-electron chi connectivity index (χ1n) is 12.2. The number of rotatable bonds is 7. The van der Waals surface area contributed by atoms with E-state index in [0.29, 0.717) is 12.3 Å². The molecule has 0 saturated carbocycles. The number of hydrogen-bond donors (Lipinski definition) is 2. The largest absolute Gasteiger partial charge is 0.491 e. The predicted molar refractivity (Wildman–Crippen MR) is 132 cm³/mol. The highest BCUT2D eigenvalue weighted by Gasteiger charge is 2.29. The third-order valence-electron chi connectivity index (χ3n) is 7.34. The number of aromatic amines is 1. The lowest BCUT2D eigenvalue weighted by molar-refractivity contribution is 0.154. The zero-order valence-electron chi connectivity index (χ0n) is 19.2. The van der Waals surface area contributed by atoms with E-state index >= 15 is 0 Å². The van der Waals surface area contributed by atoms with Gasteiger partial charge in [-0.05, 0) is 49.2 Å². The lowest BCUT2D eigenvalue weighted by atomic mass is 10.0. The number of aliphatic hydroxyl groups is 1. The highest BCUT2D eigenvalue weighted by molar-refractivity contribution is 5.91. The molecular formula is C26H30N6O2. The molecule has 2 aliphatic heterocycles. The molecule has 0 spiro atoms. The molecule has 2 aliphatic rings. The van der Waals surface area contributed by atoms with Crippen LogP contribution in [0, 0.1) is 0 Å². The summed E-state index contributed by atoms with van der Waals surface area (Å²) < 4.78 is 6.45. The van der Waals surface area contributed by atoms with Crippen LogP contribution in [0.3, 0.4) is 0 Å². The molecule has 4 aromatic rings. The second-order valence-corrected chi connectivity index (χ2v) is 9.32. The number of H-pyrrole nitrogens is 1. The molecule has 0 amide bonds. The Labute approximate surface area is 198 Å². The second-order valence-electron chi connectivity index (χ2n) is 9.32. The first-order valence-corrected chi connectivity index (χ1v) is 12.2. The van der Waals surface area contributed by atoms with E-state index in [1.165, 1.54) is 10.9 Å². The number of nitrogens with zero attached hydrogens (tertiary/aromatic N) is 5. The van der Waals surface area contributed by atoms with Crippen molar-refractivity contribution in [1.29, 1.82) is 0 Å². The van der Waals surface area contributed by atoms with Crippen LogP contribution in [0.2, 0.25) is 0 Å². The summed E-state index contributed by atoms with van der Waals surface area (Å²) in [5.74, 6) is 1.82. The van der Waals surface area contributed by atoms with Gasteiger partial charge < -0.3 is 19.7 Å². The lowest BCUT2D eigenvalue weighted by Crippen LogP contribution is -2.35. The first kappa shape index (κ1) is 21.3. The van der Waals surface area contributed by atoms with Crippen LogP contribution in [-0.4, -0.2) is 68.3 Å². The number of benzene rings is 2. The van der Waals surface area contributed by atoms with Gasteiger partial charge in [0.2, 0.25) is 0 Å². The summed E-state index contributed by atoms with van der Waals surface area (Å²) in [4.78, 5) is 21.0. The standard InChI is InChI=1S/C26H30N6O2/c33-14-19-5-3-11-31(19)13-18-9-10-23(22-8-2-1-7-21(18)22)34-15-20-6-4-12-32(20)26-24-25(28-16-27-24)29-17-30-26/h1-2,7-10,16-17,19-20,33H,3-6,11-15H2,(H,27,28,29,30). The topological polar surface area (TPSA) is 90.4 Å². The molecule has 0 bridgehead atoms. The van der Waals surface area contributed by atoms with Crippen molar-refractivity contribution in [2.24, 2.45) is 0 Å². The van der Waals surface area contributed by atoms with Gasteiger partial charge in [0, 0.05) is 24.5 Å². The first-order chi connectivity index (χ1) is 16.8. The molecule has 2 aromatic carbocycles. The molecule has 0 aliphatic carbocycles. The highest BCUT2D eigenvalue weighted by atomic mass is 16.5. The van der Waals surface area contributed by atoms with Gasteiger partial charge in [-0.1, -0.05) is 30.3 Å². The van der Waals surface area contributed by atoms with Crippen LogP contribution in [0.25, 0.3) is 21.9 Å². The van der Waals surface area contributed by atoms with Crippen molar-refractivity contribution in [3.63, 3.8) is 0 Å². The summed E-state index contributed by atoms with van der Waals surface area (Å²) in [5, 5.41) is 12.1. The van der Waals surface area contributed by atoms with E-state index in [9.17, 15) is 5.11 Å². The maximum Gasteiger partial charge on any atom is 0.182 e. The molecule has 2 unspecified atom stereocenters. The number of nitrogens with one attached hydrogen (secondary N) is 1. The van der Waals surface area contributed by atoms with Gasteiger partial charge in [0.15, 0.2) is 11.5 Å². The van der Waals surface area contributed by atoms with Crippen molar-refractivity contribution in [1.82, 2.24) is 24.8 Å². The van der Waals surface area contributed by atoms with Gasteiger partial charge in [-0.15, -0.1) is 0 Å². The number of aliphatic hydroxyl groups excluding tert-OH is 1. The fourth-order valence-electron chi connectivity index (χ4n) is 5.57. The van der Waals surface area contributed by atoms with Crippen LogP contribution in [0.4, 0.5) is 5.82 Å². The lowest BCUT2D eigenvalue weighted by Gasteiger charge is -2.26. The number of imidazole rings is 1. The molecule has 2 aromatic heterocycles. The number of anilines is 1. The molecule has 2 atom stereocenters. The molecule has 8 nitrogen and oxygen atoms in total. The molecule has 4 heterocycles. The average molecular weight is 459 g/mol. The predicted octanol–water partition coefficient (Wildman–Crippen LogP) is 3.51. The van der Waals surface area contributed by atoms with Crippen molar-refractivity contribution in [2.75, 3.05) is 31.2 Å². The number of fused-ring (bicyclic) bond motifs is 2. The average Bonchev–Trinajstić information content (AvgIpc) is 3.64. The molecule has 0 radical (unpaired) electrons. The maximum atomic E-state index is 9.72. The SMILES string of the molecule is OCC1CCCN1Cc1ccc(OCC2CCCN2c2ncnc3nc[nH]c23)c2ccccc12. The van der Waals surface area contributed by atoms with E-state index < -0.39 is 0 Å². The van der Waals surface area contributed by atoms with Crippen LogP contribution in [0.15, 0.2) is 49.1 Å². The Morgan fingerprint density at radius 1 is 0.971 bits per heavy atom. The van der Waals surface area contributed by atoms with Gasteiger partial charge in [0.1, 0.15) is 24.2 Å². The zero-order valence-corrected chi connectivity index (χ0v) is 19.2. The quantitative estimate of drug-likeness (QED) is 0.438. The minimum Gasteiger partial charge on any atom is -0.491 e. The summed E-state index contributed by atoms with van der Waals surface area (Å²) in [7, 11) is 0. The number of ether oxygens (including phenoxy) is 1. The molecule has 2 saturated heterocycles. The van der Waals surface area contributed by atoms with E-state index in [2.05, 4.69) is 66.1 Å². The van der Waals surface area contributed by atoms with Crippen LogP contribution in [0.5, 0.6) is 5.75 Å². The fourth-order valence-corrected chi connectivity index (χ4v) is 5.57. The smallest absolute Gasteiger partial charge is 0.182 e. The van der Waals surface area contributed by atoms with Gasteiger partial charge >= 0.3 is 0 Å². The van der Waals surface area contributed by atoms with E-state index in [0.717, 1.165) is 67.8 Å². The Hall–Kier alpha value is -3.23. The Bertz CT molecular complexity index is 1290. The van der Waals surface area contributed by atoms with Crippen LogP contribution in [0.1, 0.15) is 31.2 Å². The van der Waals surface area contributed by atoms with Gasteiger partial charge in [-0.2, -0.15) is 0 Å². The fraction of sp³-hybridized carbons (Fsp3) is 0.423. The summed E-state index contributed by atoms with van der Waals surface area (Å²) in [5.41, 5.74) is 2.86. The molecule has 2 N–H and O–H groups in total. The zero-order chi connectivity index (χ0) is 22.9. The van der Waals surface area contributed by atoms with E-state index in [-0.39, 0.29) is 18.7 Å². The molecular weight excluding hydrogens is 428 g/mol. The Balaban J connectivity index is 1.22. The van der Waals surface area contributed by atoms with E-state index in [1.807, 2.05) is 0 Å². The Morgan fingerprint density at radius 2 is 1.82 bits per heavy atom. The van der Waals surface area contributed by atoms with Crippen molar-refractivity contribution in [2.45, 2.75) is 44.3 Å².